The van der Waals surface area contributed by atoms with Crippen molar-refractivity contribution in [2.75, 3.05) is 0 Å². The Morgan fingerprint density at radius 3 is 3.00 bits per heavy atom. The molecule has 2 heterocycles. The molecule has 4 nitrogen and oxygen atoms in total. The average molecular weight is 132 g/mol. The van der Waals surface area contributed by atoms with Crippen LogP contribution < -0.4 is 0 Å². The standard InChI is InChI=1S/C6H4N4/c1-2-8-6-5(3-7-1)9-4-10-6/h1-4H. The minimum Gasteiger partial charge on any atom is -0.261 e. The minimum atomic E-state index is 0.637. The first-order valence-corrected chi connectivity index (χ1v) is 2.83. The van der Waals surface area contributed by atoms with E-state index >= 15 is 0 Å². The van der Waals surface area contributed by atoms with Gasteiger partial charge >= 0.3 is 0 Å². The van der Waals surface area contributed by atoms with Gasteiger partial charge in [-0.3, -0.25) is 4.98 Å². The van der Waals surface area contributed by atoms with E-state index in [1.54, 1.807) is 18.6 Å². The van der Waals surface area contributed by atoms with Gasteiger partial charge in [0.05, 0.1) is 6.20 Å². The molecule has 2 rings (SSSR count). The third kappa shape index (κ3) is 0.699. The average Bonchev–Trinajstić information content (AvgIpc) is 2.28. The number of rotatable bonds is 0. The maximum absolute atomic E-state index is 3.97. The molecule has 0 aliphatic carbocycles. The van der Waals surface area contributed by atoms with Crippen LogP contribution in [0.3, 0.4) is 0 Å². The molecule has 0 fully saturated rings. The van der Waals surface area contributed by atoms with Crippen LogP contribution in [0.5, 0.6) is 0 Å². The summed E-state index contributed by atoms with van der Waals surface area (Å²) in [6, 6.07) is 0. The van der Waals surface area contributed by atoms with Crippen molar-refractivity contribution in [1.29, 1.82) is 0 Å². The monoisotopic (exact) mass is 132 g/mol. The lowest BCUT2D eigenvalue weighted by Crippen LogP contribution is -1.74. The maximum atomic E-state index is 3.97. The third-order valence-corrected chi connectivity index (χ3v) is 1.15. The van der Waals surface area contributed by atoms with Crippen molar-refractivity contribution in [3.8, 4) is 11.5 Å². The highest BCUT2D eigenvalue weighted by Gasteiger charge is 2.01. The van der Waals surface area contributed by atoms with E-state index in [2.05, 4.69) is 19.9 Å². The normalized spacial score (nSPS) is 10.0. The summed E-state index contributed by atoms with van der Waals surface area (Å²) in [5, 5.41) is 0. The van der Waals surface area contributed by atoms with Crippen LogP contribution in [-0.2, 0) is 0 Å². The van der Waals surface area contributed by atoms with Crippen molar-refractivity contribution in [3.63, 3.8) is 0 Å². The van der Waals surface area contributed by atoms with Crippen LogP contribution in [0.1, 0.15) is 0 Å². The van der Waals surface area contributed by atoms with Gasteiger partial charge < -0.3 is 0 Å². The molecule has 0 aromatic heterocycles. The van der Waals surface area contributed by atoms with Crippen LogP contribution in [0.4, 0.5) is 0 Å². The molecule has 0 bridgehead atoms. The van der Waals surface area contributed by atoms with Crippen LogP contribution in [-0.4, -0.2) is 19.9 Å². The fourth-order valence-electron chi connectivity index (χ4n) is 0.716. The molecule has 0 radical (unpaired) electrons. The van der Waals surface area contributed by atoms with Gasteiger partial charge in [0.1, 0.15) is 12.0 Å². The summed E-state index contributed by atoms with van der Waals surface area (Å²) < 4.78 is 0. The fourth-order valence-corrected chi connectivity index (χ4v) is 0.716. The van der Waals surface area contributed by atoms with Crippen molar-refractivity contribution in [2.24, 2.45) is 0 Å². The van der Waals surface area contributed by atoms with E-state index in [1.165, 1.54) is 6.33 Å². The Hall–Kier alpha value is -1.58. The van der Waals surface area contributed by atoms with Gasteiger partial charge in [-0.05, 0) is 0 Å². The molecule has 0 N–H and O–H groups in total. The van der Waals surface area contributed by atoms with E-state index in [0.717, 1.165) is 5.69 Å². The Kier molecular flexibility index (Phi) is 1.04. The Balaban J connectivity index is 2.74. The van der Waals surface area contributed by atoms with Gasteiger partial charge in [0.15, 0.2) is 5.82 Å². The minimum absolute atomic E-state index is 0.637. The largest absolute Gasteiger partial charge is 0.261 e. The number of fused-ring (bicyclic) bond motifs is 1. The first-order valence-electron chi connectivity index (χ1n) is 2.83. The van der Waals surface area contributed by atoms with Crippen LogP contribution in [0.25, 0.3) is 11.5 Å². The molecule has 2 aliphatic heterocycles. The molecular weight excluding hydrogens is 128 g/mol. The predicted octanol–water partition coefficient (Wildman–Crippen LogP) is 0.371. The van der Waals surface area contributed by atoms with Crippen molar-refractivity contribution >= 4 is 0 Å². The molecular formula is C6H4N4. The van der Waals surface area contributed by atoms with E-state index in [-0.39, 0.29) is 0 Å². The Morgan fingerprint density at radius 2 is 2.00 bits per heavy atom. The van der Waals surface area contributed by atoms with Gasteiger partial charge in [0.2, 0.25) is 0 Å². The van der Waals surface area contributed by atoms with Crippen molar-refractivity contribution in [2.45, 2.75) is 0 Å². The summed E-state index contributed by atoms with van der Waals surface area (Å²) in [7, 11) is 0. The lowest BCUT2D eigenvalue weighted by molar-refractivity contribution is 1.24. The topological polar surface area (TPSA) is 51.6 Å². The molecule has 0 amide bonds. The number of hydrogen-bond acceptors (Lipinski definition) is 4. The quantitative estimate of drug-likeness (QED) is 0.519. The molecule has 0 aromatic rings. The van der Waals surface area contributed by atoms with Gasteiger partial charge in [-0.25, -0.2) is 15.0 Å². The zero-order valence-electron chi connectivity index (χ0n) is 5.10. The number of nitrogens with zero attached hydrogens (tertiary/aromatic N) is 4. The van der Waals surface area contributed by atoms with Crippen LogP contribution in [0, 0.1) is 0 Å². The number of imidazole rings is 1. The molecule has 0 saturated carbocycles. The van der Waals surface area contributed by atoms with E-state index in [4.69, 9.17) is 0 Å². The molecule has 0 spiro atoms. The second-order valence-electron chi connectivity index (χ2n) is 1.79. The summed E-state index contributed by atoms with van der Waals surface area (Å²) in [4.78, 5) is 15.7. The summed E-state index contributed by atoms with van der Waals surface area (Å²) >= 11 is 0. The van der Waals surface area contributed by atoms with Gasteiger partial charge in [0.25, 0.3) is 0 Å². The smallest absolute Gasteiger partial charge is 0.181 e. The van der Waals surface area contributed by atoms with Crippen molar-refractivity contribution in [3.05, 3.63) is 24.9 Å². The Bertz CT molecular complexity index is 281. The van der Waals surface area contributed by atoms with Gasteiger partial charge in [-0.1, -0.05) is 0 Å². The number of hydrogen-bond donors (Lipinski definition) is 0. The summed E-state index contributed by atoms with van der Waals surface area (Å²) in [5.74, 6) is 0.637. The molecule has 48 valence electrons. The second-order valence-corrected chi connectivity index (χ2v) is 1.79. The van der Waals surface area contributed by atoms with Crippen LogP contribution in [0.2, 0.25) is 0 Å². The van der Waals surface area contributed by atoms with E-state index < -0.39 is 0 Å². The zero-order chi connectivity index (χ0) is 6.81. The zero-order valence-corrected chi connectivity index (χ0v) is 5.10. The van der Waals surface area contributed by atoms with E-state index in [1.807, 2.05) is 0 Å². The molecule has 2 aliphatic rings. The lowest BCUT2D eigenvalue weighted by atomic mass is 10.5. The molecule has 0 aromatic carbocycles. The highest BCUT2D eigenvalue weighted by molar-refractivity contribution is 5.46. The molecule has 0 unspecified atom stereocenters. The summed E-state index contributed by atoms with van der Waals surface area (Å²) in [6.07, 6.45) is 6.30. The van der Waals surface area contributed by atoms with Crippen molar-refractivity contribution < 1.29 is 0 Å². The third-order valence-electron chi connectivity index (χ3n) is 1.15. The SMILES string of the molecule is c1cnc2ncnc-2cn1. The molecule has 4 heteroatoms. The Labute approximate surface area is 57.3 Å². The summed E-state index contributed by atoms with van der Waals surface area (Å²) in [5.41, 5.74) is 0.727. The first-order chi connectivity index (χ1) is 4.97. The predicted molar refractivity (Wildman–Crippen MR) is 34.2 cm³/mol. The maximum Gasteiger partial charge on any atom is 0.181 e. The molecule has 0 atom stereocenters. The van der Waals surface area contributed by atoms with E-state index in [0.29, 0.717) is 5.82 Å². The highest BCUT2D eigenvalue weighted by Crippen LogP contribution is 2.07. The van der Waals surface area contributed by atoms with Gasteiger partial charge in [0, 0.05) is 12.4 Å². The second kappa shape index (κ2) is 1.98. The summed E-state index contributed by atoms with van der Waals surface area (Å²) in [6.45, 7) is 0. The van der Waals surface area contributed by atoms with Crippen LogP contribution >= 0.6 is 0 Å². The van der Waals surface area contributed by atoms with Gasteiger partial charge in [-0.2, -0.15) is 0 Å². The van der Waals surface area contributed by atoms with Gasteiger partial charge in [-0.15, -0.1) is 0 Å². The number of aromatic nitrogens is 4. The first kappa shape index (κ1) is 5.22. The molecule has 10 heavy (non-hydrogen) atoms. The van der Waals surface area contributed by atoms with E-state index in [9.17, 15) is 0 Å². The van der Waals surface area contributed by atoms with Crippen LogP contribution in [0.15, 0.2) is 24.9 Å². The fraction of sp³-hybridized carbons (Fsp3) is 0. The highest BCUT2D eigenvalue weighted by atomic mass is 15.0. The lowest BCUT2D eigenvalue weighted by Gasteiger charge is -1.79. The Morgan fingerprint density at radius 1 is 1.00 bits per heavy atom. The molecule has 0 saturated heterocycles. The van der Waals surface area contributed by atoms with Crippen molar-refractivity contribution in [1.82, 2.24) is 19.9 Å².